The normalized spacial score (nSPS) is 14.4. The molecule has 0 aliphatic carbocycles. The minimum atomic E-state index is -0.0128. The van der Waals surface area contributed by atoms with Gasteiger partial charge in [0.05, 0.1) is 18.8 Å². The van der Waals surface area contributed by atoms with Crippen LogP contribution < -0.4 is 0 Å². The second kappa shape index (κ2) is 9.13. The minimum Gasteiger partial charge on any atom is -0.371 e. The second-order valence-electron chi connectivity index (χ2n) is 8.29. The summed E-state index contributed by atoms with van der Waals surface area (Å²) in [7, 11) is 0. The summed E-state index contributed by atoms with van der Waals surface area (Å²) < 4.78 is 8.12. The number of hydrogen-bond donors (Lipinski definition) is 0. The largest absolute Gasteiger partial charge is 0.371 e. The monoisotopic (exact) mass is 355 g/mol. The summed E-state index contributed by atoms with van der Waals surface area (Å²) in [4.78, 5) is 4.15. The second-order valence-corrected chi connectivity index (χ2v) is 8.29. The van der Waals surface area contributed by atoms with Crippen LogP contribution >= 0.6 is 0 Å². The van der Waals surface area contributed by atoms with Gasteiger partial charge in [0.2, 0.25) is 0 Å². The third-order valence-corrected chi connectivity index (χ3v) is 4.75. The van der Waals surface area contributed by atoms with Crippen molar-refractivity contribution < 1.29 is 4.74 Å². The van der Waals surface area contributed by atoms with E-state index in [9.17, 15) is 0 Å². The molecule has 0 saturated heterocycles. The highest BCUT2D eigenvalue weighted by Gasteiger charge is 2.34. The van der Waals surface area contributed by atoms with Crippen LogP contribution in [-0.4, -0.2) is 27.5 Å². The molecule has 0 aliphatic heterocycles. The Balaban J connectivity index is 2.17. The van der Waals surface area contributed by atoms with Crippen LogP contribution in [0.15, 0.2) is 49.6 Å². The summed E-state index contributed by atoms with van der Waals surface area (Å²) in [6, 6.07) is 9.08. The van der Waals surface area contributed by atoms with E-state index in [-0.39, 0.29) is 17.6 Å². The molecule has 142 valence electrons. The van der Waals surface area contributed by atoms with Gasteiger partial charge in [-0.15, -0.1) is 6.58 Å². The zero-order chi connectivity index (χ0) is 19.2. The Morgan fingerprint density at radius 2 is 1.88 bits per heavy atom. The molecule has 4 heteroatoms. The summed E-state index contributed by atoms with van der Waals surface area (Å²) in [6.45, 7) is 15.4. The van der Waals surface area contributed by atoms with Crippen molar-refractivity contribution in [2.24, 2.45) is 5.41 Å². The van der Waals surface area contributed by atoms with Crippen molar-refractivity contribution >= 4 is 0 Å². The molecule has 0 N–H and O–H groups in total. The molecule has 0 spiro atoms. The Bertz CT molecular complexity index is 654. The molecule has 1 heterocycles. The summed E-state index contributed by atoms with van der Waals surface area (Å²) >= 11 is 0. The average molecular weight is 356 g/mol. The molecule has 1 aromatic carbocycles. The zero-order valence-corrected chi connectivity index (χ0v) is 16.9. The summed E-state index contributed by atoms with van der Waals surface area (Å²) in [5.74, 6) is 0.560. The Hall–Kier alpha value is -1.94. The molecule has 0 fully saturated rings. The molecule has 0 saturated carbocycles. The van der Waals surface area contributed by atoms with Gasteiger partial charge in [0.1, 0.15) is 12.7 Å². The Morgan fingerprint density at radius 1 is 1.19 bits per heavy atom. The summed E-state index contributed by atoms with van der Waals surface area (Å²) in [5, 5.41) is 4.41. The maximum absolute atomic E-state index is 6.17. The molecule has 1 aromatic heterocycles. The molecular formula is C22H33N3O. The lowest BCUT2D eigenvalue weighted by Crippen LogP contribution is -2.38. The van der Waals surface area contributed by atoms with Gasteiger partial charge in [0.15, 0.2) is 0 Å². The first-order chi connectivity index (χ1) is 12.3. The third-order valence-electron chi connectivity index (χ3n) is 4.75. The quantitative estimate of drug-likeness (QED) is 0.581. The highest BCUT2D eigenvalue weighted by Crippen LogP contribution is 2.33. The van der Waals surface area contributed by atoms with Crippen LogP contribution in [0.5, 0.6) is 0 Å². The number of aryl methyl sites for hydroxylation is 1. The predicted molar refractivity (Wildman–Crippen MR) is 107 cm³/mol. The van der Waals surface area contributed by atoms with E-state index in [0.717, 1.165) is 12.8 Å². The van der Waals surface area contributed by atoms with Gasteiger partial charge in [-0.05, 0) is 35.3 Å². The van der Waals surface area contributed by atoms with Gasteiger partial charge in [-0.2, -0.15) is 5.10 Å². The SMILES string of the molecule is C=CCOC(C(CCc1ccc(C(C)C)cc1)n1cncn1)C(C)(C)C. The van der Waals surface area contributed by atoms with Crippen molar-refractivity contribution in [1.82, 2.24) is 14.8 Å². The Kier molecular flexibility index (Phi) is 7.15. The average Bonchev–Trinajstić information content (AvgIpc) is 3.11. The number of benzene rings is 1. The zero-order valence-electron chi connectivity index (χ0n) is 16.9. The van der Waals surface area contributed by atoms with Crippen molar-refractivity contribution in [3.05, 3.63) is 60.7 Å². The molecule has 0 radical (unpaired) electrons. The van der Waals surface area contributed by atoms with E-state index in [0.29, 0.717) is 12.5 Å². The molecule has 0 amide bonds. The van der Waals surface area contributed by atoms with Gasteiger partial charge >= 0.3 is 0 Å². The van der Waals surface area contributed by atoms with Gasteiger partial charge in [0, 0.05) is 0 Å². The minimum absolute atomic E-state index is 0.0128. The number of ether oxygens (including phenoxy) is 1. The van der Waals surface area contributed by atoms with Crippen LogP contribution in [-0.2, 0) is 11.2 Å². The lowest BCUT2D eigenvalue weighted by molar-refractivity contribution is -0.0437. The van der Waals surface area contributed by atoms with E-state index in [2.05, 4.69) is 75.5 Å². The van der Waals surface area contributed by atoms with Gasteiger partial charge < -0.3 is 4.74 Å². The molecule has 2 aromatic rings. The maximum atomic E-state index is 6.17. The summed E-state index contributed by atoms with van der Waals surface area (Å²) in [5.41, 5.74) is 2.71. The van der Waals surface area contributed by atoms with Crippen molar-refractivity contribution in [3.63, 3.8) is 0 Å². The number of nitrogens with zero attached hydrogens (tertiary/aromatic N) is 3. The molecule has 0 bridgehead atoms. The topological polar surface area (TPSA) is 39.9 Å². The van der Waals surface area contributed by atoms with Crippen molar-refractivity contribution in [2.45, 2.75) is 65.5 Å². The highest BCUT2D eigenvalue weighted by molar-refractivity contribution is 5.24. The lowest BCUT2D eigenvalue weighted by Gasteiger charge is -2.36. The van der Waals surface area contributed by atoms with Crippen LogP contribution in [0.4, 0.5) is 0 Å². The van der Waals surface area contributed by atoms with Gasteiger partial charge in [0.25, 0.3) is 0 Å². The third kappa shape index (κ3) is 5.53. The standard InChI is InChI=1S/C22H33N3O/c1-7-14-26-21(22(4,5)6)20(25-16-23-15-24-25)13-10-18-8-11-19(12-9-18)17(2)3/h7-9,11-12,15-17,20-21H,1,10,13-14H2,2-6H3. The van der Waals surface area contributed by atoms with Crippen LogP contribution in [0.1, 0.15) is 64.1 Å². The van der Waals surface area contributed by atoms with Gasteiger partial charge in [-0.1, -0.05) is 65.0 Å². The lowest BCUT2D eigenvalue weighted by atomic mass is 9.82. The molecule has 2 unspecified atom stereocenters. The van der Waals surface area contributed by atoms with Crippen molar-refractivity contribution in [1.29, 1.82) is 0 Å². The fourth-order valence-corrected chi connectivity index (χ4v) is 3.30. The van der Waals surface area contributed by atoms with Crippen LogP contribution in [0, 0.1) is 5.41 Å². The van der Waals surface area contributed by atoms with Crippen molar-refractivity contribution in [2.75, 3.05) is 6.61 Å². The molecule has 26 heavy (non-hydrogen) atoms. The first-order valence-electron chi connectivity index (χ1n) is 9.48. The maximum Gasteiger partial charge on any atom is 0.137 e. The first kappa shape index (κ1) is 20.4. The van der Waals surface area contributed by atoms with E-state index < -0.39 is 0 Å². The fraction of sp³-hybridized carbons (Fsp3) is 0.545. The van der Waals surface area contributed by atoms with E-state index in [1.165, 1.54) is 11.1 Å². The molecule has 0 aliphatic rings. The summed E-state index contributed by atoms with van der Waals surface area (Å²) in [6.07, 6.45) is 7.15. The van der Waals surface area contributed by atoms with Crippen molar-refractivity contribution in [3.8, 4) is 0 Å². The highest BCUT2D eigenvalue weighted by atomic mass is 16.5. The van der Waals surface area contributed by atoms with Crippen LogP contribution in [0.25, 0.3) is 0 Å². The molecule has 2 atom stereocenters. The molecular weight excluding hydrogens is 322 g/mol. The van der Waals surface area contributed by atoms with E-state index in [1.54, 1.807) is 12.7 Å². The van der Waals surface area contributed by atoms with Crippen LogP contribution in [0.3, 0.4) is 0 Å². The predicted octanol–water partition coefficient (Wildman–Crippen LogP) is 5.19. The number of rotatable bonds is 9. The molecule has 4 nitrogen and oxygen atoms in total. The van der Waals surface area contributed by atoms with Gasteiger partial charge in [-0.25, -0.2) is 9.67 Å². The first-order valence-corrected chi connectivity index (χ1v) is 9.48. The van der Waals surface area contributed by atoms with Gasteiger partial charge in [-0.3, -0.25) is 0 Å². The number of hydrogen-bond acceptors (Lipinski definition) is 3. The Morgan fingerprint density at radius 3 is 2.38 bits per heavy atom. The Labute approximate surface area is 158 Å². The van der Waals surface area contributed by atoms with E-state index in [1.807, 2.05) is 10.8 Å². The fourth-order valence-electron chi connectivity index (χ4n) is 3.30. The van der Waals surface area contributed by atoms with Crippen LogP contribution in [0.2, 0.25) is 0 Å². The smallest absolute Gasteiger partial charge is 0.137 e. The molecule has 2 rings (SSSR count). The van der Waals surface area contributed by atoms with E-state index in [4.69, 9.17) is 4.74 Å². The number of aromatic nitrogens is 3. The van der Waals surface area contributed by atoms with E-state index >= 15 is 0 Å².